The normalized spacial score (nSPS) is 11.8. The van der Waals surface area contributed by atoms with Crippen LogP contribution in [-0.2, 0) is 4.79 Å². The number of carbonyl (C=O) groups excluding carboxylic acids is 1. The average molecular weight is 275 g/mol. The SMILES string of the molecule is O=C(Nc1cccc2ccncc12)N[C@@H](CO)C(=O)O. The van der Waals surface area contributed by atoms with Crippen molar-refractivity contribution >= 4 is 28.5 Å². The van der Waals surface area contributed by atoms with E-state index >= 15 is 0 Å². The van der Waals surface area contributed by atoms with Gasteiger partial charge < -0.3 is 20.8 Å². The number of carbonyl (C=O) groups is 2. The van der Waals surface area contributed by atoms with Crippen LogP contribution in [0.3, 0.4) is 0 Å². The Morgan fingerprint density at radius 3 is 2.80 bits per heavy atom. The second-order valence-electron chi connectivity index (χ2n) is 4.07. The molecule has 1 heterocycles. The van der Waals surface area contributed by atoms with Gasteiger partial charge in [-0.2, -0.15) is 0 Å². The van der Waals surface area contributed by atoms with Crippen molar-refractivity contribution in [1.82, 2.24) is 10.3 Å². The molecule has 0 radical (unpaired) electrons. The Labute approximate surface area is 114 Å². The molecule has 0 saturated carbocycles. The van der Waals surface area contributed by atoms with E-state index < -0.39 is 24.6 Å². The average Bonchev–Trinajstić information content (AvgIpc) is 2.45. The summed E-state index contributed by atoms with van der Waals surface area (Å²) >= 11 is 0. The van der Waals surface area contributed by atoms with Gasteiger partial charge in [-0.3, -0.25) is 4.98 Å². The van der Waals surface area contributed by atoms with E-state index in [1.165, 1.54) is 0 Å². The van der Waals surface area contributed by atoms with Gasteiger partial charge in [-0.05, 0) is 17.5 Å². The predicted octanol–water partition coefficient (Wildman–Crippen LogP) is 0.802. The Morgan fingerprint density at radius 2 is 2.10 bits per heavy atom. The molecule has 104 valence electrons. The number of aromatic nitrogens is 1. The second-order valence-corrected chi connectivity index (χ2v) is 4.07. The van der Waals surface area contributed by atoms with Crippen LogP contribution in [0.5, 0.6) is 0 Å². The number of benzene rings is 1. The van der Waals surface area contributed by atoms with Gasteiger partial charge in [-0.15, -0.1) is 0 Å². The van der Waals surface area contributed by atoms with Gasteiger partial charge in [0.05, 0.1) is 12.3 Å². The zero-order chi connectivity index (χ0) is 14.5. The molecule has 7 heteroatoms. The number of pyridine rings is 1. The van der Waals surface area contributed by atoms with E-state index in [4.69, 9.17) is 10.2 Å². The molecule has 2 amide bonds. The first-order valence-electron chi connectivity index (χ1n) is 5.85. The summed E-state index contributed by atoms with van der Waals surface area (Å²) in [4.78, 5) is 26.4. The van der Waals surface area contributed by atoms with Crippen molar-refractivity contribution in [3.05, 3.63) is 36.7 Å². The van der Waals surface area contributed by atoms with Gasteiger partial charge in [0.2, 0.25) is 0 Å². The van der Waals surface area contributed by atoms with Crippen LogP contribution in [0.15, 0.2) is 36.7 Å². The molecule has 7 nitrogen and oxygen atoms in total. The second kappa shape index (κ2) is 5.98. The zero-order valence-electron chi connectivity index (χ0n) is 10.4. The fourth-order valence-electron chi connectivity index (χ4n) is 1.72. The Kier molecular flexibility index (Phi) is 4.11. The van der Waals surface area contributed by atoms with E-state index in [1.807, 2.05) is 6.07 Å². The van der Waals surface area contributed by atoms with E-state index in [0.29, 0.717) is 5.69 Å². The van der Waals surface area contributed by atoms with Crippen LogP contribution in [0.1, 0.15) is 0 Å². The van der Waals surface area contributed by atoms with E-state index in [2.05, 4.69) is 15.6 Å². The highest BCUT2D eigenvalue weighted by Crippen LogP contribution is 2.21. The third-order valence-corrected chi connectivity index (χ3v) is 2.72. The molecule has 0 unspecified atom stereocenters. The number of hydrogen-bond donors (Lipinski definition) is 4. The summed E-state index contributed by atoms with van der Waals surface area (Å²) < 4.78 is 0. The van der Waals surface area contributed by atoms with E-state index in [1.54, 1.807) is 30.6 Å². The van der Waals surface area contributed by atoms with Gasteiger partial charge in [0.1, 0.15) is 0 Å². The molecule has 0 aliphatic rings. The number of aliphatic hydroxyl groups is 1. The summed E-state index contributed by atoms with van der Waals surface area (Å²) in [5.74, 6) is -1.30. The summed E-state index contributed by atoms with van der Waals surface area (Å²) in [6.45, 7) is -0.681. The van der Waals surface area contributed by atoms with Crippen molar-refractivity contribution in [2.45, 2.75) is 6.04 Å². The largest absolute Gasteiger partial charge is 0.480 e. The Bertz CT molecular complexity index is 639. The van der Waals surface area contributed by atoms with Crippen LogP contribution in [0, 0.1) is 0 Å². The fourth-order valence-corrected chi connectivity index (χ4v) is 1.72. The number of aliphatic hydroxyl groups excluding tert-OH is 1. The molecular formula is C13H13N3O4. The maximum absolute atomic E-state index is 11.7. The van der Waals surface area contributed by atoms with Crippen molar-refractivity contribution in [3.8, 4) is 0 Å². The van der Waals surface area contributed by atoms with Gasteiger partial charge in [-0.25, -0.2) is 9.59 Å². The number of carboxylic acids is 1. The molecule has 0 aliphatic heterocycles. The lowest BCUT2D eigenvalue weighted by Crippen LogP contribution is -2.45. The van der Waals surface area contributed by atoms with Crippen LogP contribution >= 0.6 is 0 Å². The first kappa shape index (κ1) is 13.8. The molecule has 1 aromatic heterocycles. The number of fused-ring (bicyclic) bond motifs is 1. The van der Waals surface area contributed by atoms with Crippen molar-refractivity contribution in [2.75, 3.05) is 11.9 Å². The molecule has 2 aromatic rings. The molecule has 4 N–H and O–H groups in total. The van der Waals surface area contributed by atoms with Gasteiger partial charge in [0, 0.05) is 17.8 Å². The van der Waals surface area contributed by atoms with Crippen molar-refractivity contribution in [3.63, 3.8) is 0 Å². The minimum atomic E-state index is -1.34. The lowest BCUT2D eigenvalue weighted by Gasteiger charge is -2.13. The number of carboxylic acid groups (broad SMARTS) is 1. The molecule has 0 fully saturated rings. The Balaban J connectivity index is 2.16. The van der Waals surface area contributed by atoms with Crippen LogP contribution in [-0.4, -0.2) is 39.8 Å². The number of amides is 2. The zero-order valence-corrected chi connectivity index (χ0v) is 10.4. The predicted molar refractivity (Wildman–Crippen MR) is 72.4 cm³/mol. The number of nitrogens with one attached hydrogen (secondary N) is 2. The quantitative estimate of drug-likeness (QED) is 0.659. The maximum atomic E-state index is 11.7. The molecule has 0 bridgehead atoms. The van der Waals surface area contributed by atoms with Crippen LogP contribution in [0.4, 0.5) is 10.5 Å². The highest BCUT2D eigenvalue weighted by Gasteiger charge is 2.18. The maximum Gasteiger partial charge on any atom is 0.328 e. The van der Waals surface area contributed by atoms with E-state index in [0.717, 1.165) is 10.8 Å². The molecule has 0 aliphatic carbocycles. The topological polar surface area (TPSA) is 112 Å². The van der Waals surface area contributed by atoms with Gasteiger partial charge >= 0.3 is 12.0 Å². The summed E-state index contributed by atoms with van der Waals surface area (Å²) in [7, 11) is 0. The molecule has 1 aromatic carbocycles. The lowest BCUT2D eigenvalue weighted by atomic mass is 10.1. The summed E-state index contributed by atoms with van der Waals surface area (Å²) in [6.07, 6.45) is 3.24. The first-order valence-corrected chi connectivity index (χ1v) is 5.85. The molecule has 0 spiro atoms. The van der Waals surface area contributed by atoms with E-state index in [-0.39, 0.29) is 0 Å². The fraction of sp³-hybridized carbons (Fsp3) is 0.154. The lowest BCUT2D eigenvalue weighted by molar-refractivity contribution is -0.140. The van der Waals surface area contributed by atoms with Crippen molar-refractivity contribution in [1.29, 1.82) is 0 Å². The van der Waals surface area contributed by atoms with Gasteiger partial charge in [0.15, 0.2) is 6.04 Å². The molecule has 1 atom stereocenters. The van der Waals surface area contributed by atoms with Crippen molar-refractivity contribution in [2.24, 2.45) is 0 Å². The Hall–Kier alpha value is -2.67. The third kappa shape index (κ3) is 3.01. The third-order valence-electron chi connectivity index (χ3n) is 2.72. The van der Waals surface area contributed by atoms with Crippen molar-refractivity contribution < 1.29 is 19.8 Å². The van der Waals surface area contributed by atoms with Crippen LogP contribution in [0.2, 0.25) is 0 Å². The summed E-state index contributed by atoms with van der Waals surface area (Å²) in [5, 5.41) is 23.9. The number of anilines is 1. The number of hydrogen-bond acceptors (Lipinski definition) is 4. The molecule has 2 rings (SSSR count). The molecule has 0 saturated heterocycles. The first-order chi connectivity index (χ1) is 9.61. The highest BCUT2D eigenvalue weighted by atomic mass is 16.4. The van der Waals surface area contributed by atoms with Gasteiger partial charge in [-0.1, -0.05) is 12.1 Å². The number of rotatable bonds is 4. The number of urea groups is 1. The van der Waals surface area contributed by atoms with Crippen LogP contribution in [0.25, 0.3) is 10.8 Å². The smallest absolute Gasteiger partial charge is 0.328 e. The van der Waals surface area contributed by atoms with E-state index in [9.17, 15) is 9.59 Å². The minimum Gasteiger partial charge on any atom is -0.480 e. The molecular weight excluding hydrogens is 262 g/mol. The number of nitrogens with zero attached hydrogens (tertiary/aromatic N) is 1. The summed E-state index contributed by atoms with van der Waals surface area (Å²) in [5.41, 5.74) is 0.509. The highest BCUT2D eigenvalue weighted by molar-refractivity contribution is 6.01. The minimum absolute atomic E-state index is 0.509. The molecule has 20 heavy (non-hydrogen) atoms. The number of aliphatic carboxylic acids is 1. The van der Waals surface area contributed by atoms with Crippen LogP contribution < -0.4 is 10.6 Å². The standard InChI is InChI=1S/C13H13N3O4/c17-7-11(12(18)19)16-13(20)15-10-3-1-2-8-4-5-14-6-9(8)10/h1-6,11,17H,7H2,(H,18,19)(H2,15,16,20)/t11-/m0/s1. The monoisotopic (exact) mass is 275 g/mol. The summed E-state index contributed by atoms with van der Waals surface area (Å²) in [6, 6.07) is 5.06. The Morgan fingerprint density at radius 1 is 1.30 bits per heavy atom. The van der Waals surface area contributed by atoms with Gasteiger partial charge in [0.25, 0.3) is 0 Å².